The van der Waals surface area contributed by atoms with Gasteiger partial charge in [0.2, 0.25) is 0 Å². The van der Waals surface area contributed by atoms with Gasteiger partial charge in [0.25, 0.3) is 0 Å². The molecule has 0 atom stereocenters. The highest BCUT2D eigenvalue weighted by molar-refractivity contribution is 5.24. The molecule has 17 heavy (non-hydrogen) atoms. The molecule has 0 radical (unpaired) electrons. The number of aryl methyl sites for hydroxylation is 2. The molecule has 0 saturated carbocycles. The molecule has 1 heterocycles. The van der Waals surface area contributed by atoms with Gasteiger partial charge in [-0.15, -0.1) is 0 Å². The third-order valence-corrected chi connectivity index (χ3v) is 2.76. The lowest BCUT2D eigenvalue weighted by Crippen LogP contribution is -2.02. The maximum Gasteiger partial charge on any atom is 0.133 e. The lowest BCUT2D eigenvalue weighted by molar-refractivity contribution is 0.275. The summed E-state index contributed by atoms with van der Waals surface area (Å²) in [5.74, 6) is 0.753. The Hall–Kier alpha value is -1.74. The Morgan fingerprint density at radius 1 is 1.12 bits per heavy atom. The minimum Gasteiger partial charge on any atom is -0.390 e. The first kappa shape index (κ1) is 11.7. The van der Waals surface area contributed by atoms with E-state index in [0.717, 1.165) is 11.4 Å². The Morgan fingerprint density at radius 2 is 1.82 bits per heavy atom. The second kappa shape index (κ2) is 5.06. The van der Waals surface area contributed by atoms with Crippen LogP contribution in [0.3, 0.4) is 0 Å². The summed E-state index contributed by atoms with van der Waals surface area (Å²) >= 11 is 0. The van der Waals surface area contributed by atoms with Gasteiger partial charge in [0, 0.05) is 12.6 Å². The van der Waals surface area contributed by atoms with Crippen molar-refractivity contribution in [1.82, 2.24) is 9.97 Å². The van der Waals surface area contributed by atoms with Gasteiger partial charge in [-0.25, -0.2) is 9.97 Å². The predicted octanol–water partition coefficient (Wildman–Crippen LogP) is 2.18. The molecule has 2 rings (SSSR count). The van der Waals surface area contributed by atoms with Crippen molar-refractivity contribution in [3.05, 3.63) is 58.7 Å². The molecular weight excluding hydrogens is 212 g/mol. The number of benzene rings is 1. The van der Waals surface area contributed by atoms with Crippen LogP contribution < -0.4 is 0 Å². The highest BCUT2D eigenvalue weighted by atomic mass is 16.3. The normalized spacial score (nSPS) is 10.5. The Morgan fingerprint density at radius 3 is 2.47 bits per heavy atom. The van der Waals surface area contributed by atoms with Crippen LogP contribution in [0.5, 0.6) is 0 Å². The van der Waals surface area contributed by atoms with Crippen molar-refractivity contribution in [3.63, 3.8) is 0 Å². The van der Waals surface area contributed by atoms with E-state index in [2.05, 4.69) is 41.2 Å². The number of rotatable bonds is 3. The Kier molecular flexibility index (Phi) is 3.49. The van der Waals surface area contributed by atoms with E-state index in [1.54, 1.807) is 6.20 Å². The van der Waals surface area contributed by atoms with Gasteiger partial charge in [-0.3, -0.25) is 0 Å². The fourth-order valence-corrected chi connectivity index (χ4v) is 1.65. The molecule has 0 bridgehead atoms. The molecule has 0 spiro atoms. The molecular formula is C14H16N2O. The van der Waals surface area contributed by atoms with Gasteiger partial charge in [0.15, 0.2) is 0 Å². The molecule has 0 saturated heterocycles. The number of aliphatic hydroxyl groups excluding tert-OH is 1. The zero-order chi connectivity index (χ0) is 12.3. The summed E-state index contributed by atoms with van der Waals surface area (Å²) in [6.07, 6.45) is 2.47. The van der Waals surface area contributed by atoms with Crippen molar-refractivity contribution in [1.29, 1.82) is 0 Å². The number of hydrogen-bond donors (Lipinski definition) is 1. The zero-order valence-corrected chi connectivity index (χ0v) is 10.1. The molecule has 88 valence electrons. The molecule has 1 aromatic heterocycles. The summed E-state index contributed by atoms with van der Waals surface area (Å²) in [5.41, 5.74) is 4.07. The first-order chi connectivity index (χ1) is 8.19. The average Bonchev–Trinajstić information content (AvgIpc) is 2.34. The van der Waals surface area contributed by atoms with Crippen molar-refractivity contribution >= 4 is 0 Å². The van der Waals surface area contributed by atoms with E-state index in [-0.39, 0.29) is 6.61 Å². The van der Waals surface area contributed by atoms with Crippen LogP contribution in [0, 0.1) is 13.8 Å². The largest absolute Gasteiger partial charge is 0.390 e. The number of aliphatic hydroxyl groups is 1. The molecule has 1 N–H and O–H groups in total. The van der Waals surface area contributed by atoms with E-state index in [1.165, 1.54) is 11.1 Å². The maximum atomic E-state index is 9.16. The van der Waals surface area contributed by atoms with Crippen LogP contribution in [0.25, 0.3) is 0 Å². The second-order valence-corrected chi connectivity index (χ2v) is 4.24. The lowest BCUT2D eigenvalue weighted by atomic mass is 10.1. The molecule has 3 nitrogen and oxygen atoms in total. The van der Waals surface area contributed by atoms with Gasteiger partial charge >= 0.3 is 0 Å². The molecule has 0 fully saturated rings. The standard InChI is InChI=1S/C14H16N2O/c1-10-3-5-12(6-4-10)7-14-15-8-11(2)13(9-17)16-14/h3-6,8,17H,7,9H2,1-2H3. The zero-order valence-electron chi connectivity index (χ0n) is 10.1. The van der Waals surface area contributed by atoms with E-state index in [4.69, 9.17) is 5.11 Å². The molecule has 0 amide bonds. The van der Waals surface area contributed by atoms with Crippen LogP contribution >= 0.6 is 0 Å². The van der Waals surface area contributed by atoms with Crippen LogP contribution in [-0.2, 0) is 13.0 Å². The Bertz CT molecular complexity index is 506. The number of aromatic nitrogens is 2. The van der Waals surface area contributed by atoms with E-state index >= 15 is 0 Å². The minimum absolute atomic E-state index is 0.0325. The summed E-state index contributed by atoms with van der Waals surface area (Å²) in [6.45, 7) is 3.94. The molecule has 0 aliphatic heterocycles. The van der Waals surface area contributed by atoms with Gasteiger partial charge in [-0.05, 0) is 25.0 Å². The van der Waals surface area contributed by atoms with E-state index < -0.39 is 0 Å². The monoisotopic (exact) mass is 228 g/mol. The van der Waals surface area contributed by atoms with E-state index in [9.17, 15) is 0 Å². The molecule has 3 heteroatoms. The highest BCUT2D eigenvalue weighted by Gasteiger charge is 2.03. The number of hydrogen-bond acceptors (Lipinski definition) is 3. The summed E-state index contributed by atoms with van der Waals surface area (Å²) in [7, 11) is 0. The van der Waals surface area contributed by atoms with Crippen LogP contribution in [0.1, 0.15) is 28.2 Å². The van der Waals surface area contributed by atoms with Crippen molar-refractivity contribution in [2.75, 3.05) is 0 Å². The van der Waals surface area contributed by atoms with E-state index in [1.807, 2.05) is 6.92 Å². The average molecular weight is 228 g/mol. The third kappa shape index (κ3) is 2.88. The molecule has 0 aliphatic rings. The maximum absolute atomic E-state index is 9.16. The number of nitrogens with zero attached hydrogens (tertiary/aromatic N) is 2. The van der Waals surface area contributed by atoms with Crippen molar-refractivity contribution in [2.45, 2.75) is 26.9 Å². The van der Waals surface area contributed by atoms with Crippen molar-refractivity contribution in [2.24, 2.45) is 0 Å². The first-order valence-electron chi connectivity index (χ1n) is 5.67. The predicted molar refractivity (Wildman–Crippen MR) is 66.7 cm³/mol. The van der Waals surface area contributed by atoms with E-state index in [0.29, 0.717) is 12.1 Å². The minimum atomic E-state index is -0.0325. The Balaban J connectivity index is 2.21. The van der Waals surface area contributed by atoms with Crippen LogP contribution in [-0.4, -0.2) is 15.1 Å². The van der Waals surface area contributed by atoms with Gasteiger partial charge in [0.05, 0.1) is 12.3 Å². The Labute approximate surface area is 101 Å². The van der Waals surface area contributed by atoms with Crippen molar-refractivity contribution < 1.29 is 5.11 Å². The summed E-state index contributed by atoms with van der Waals surface area (Å²) < 4.78 is 0. The van der Waals surface area contributed by atoms with Crippen LogP contribution in [0.4, 0.5) is 0 Å². The molecule has 0 aliphatic carbocycles. The fraction of sp³-hybridized carbons (Fsp3) is 0.286. The third-order valence-electron chi connectivity index (χ3n) is 2.76. The van der Waals surface area contributed by atoms with Crippen LogP contribution in [0.15, 0.2) is 30.5 Å². The molecule has 2 aromatic rings. The topological polar surface area (TPSA) is 46.0 Å². The van der Waals surface area contributed by atoms with Gasteiger partial charge in [-0.1, -0.05) is 29.8 Å². The van der Waals surface area contributed by atoms with Gasteiger partial charge in [0.1, 0.15) is 5.82 Å². The summed E-state index contributed by atoms with van der Waals surface area (Å²) in [5, 5.41) is 9.16. The highest BCUT2D eigenvalue weighted by Crippen LogP contribution is 2.09. The van der Waals surface area contributed by atoms with Crippen LogP contribution in [0.2, 0.25) is 0 Å². The quantitative estimate of drug-likeness (QED) is 0.875. The smallest absolute Gasteiger partial charge is 0.133 e. The van der Waals surface area contributed by atoms with Gasteiger partial charge < -0.3 is 5.11 Å². The molecule has 1 aromatic carbocycles. The fourth-order valence-electron chi connectivity index (χ4n) is 1.65. The SMILES string of the molecule is Cc1ccc(Cc2ncc(C)c(CO)n2)cc1. The first-order valence-corrected chi connectivity index (χ1v) is 5.67. The summed E-state index contributed by atoms with van der Waals surface area (Å²) in [6, 6.07) is 8.32. The molecule has 0 unspecified atom stereocenters. The summed E-state index contributed by atoms with van der Waals surface area (Å²) in [4.78, 5) is 8.63. The van der Waals surface area contributed by atoms with Gasteiger partial charge in [-0.2, -0.15) is 0 Å². The van der Waals surface area contributed by atoms with Crippen molar-refractivity contribution in [3.8, 4) is 0 Å². The second-order valence-electron chi connectivity index (χ2n) is 4.24. The lowest BCUT2D eigenvalue weighted by Gasteiger charge is -2.05.